The topological polar surface area (TPSA) is 27.7 Å². The molecule has 1 saturated heterocycles. The summed E-state index contributed by atoms with van der Waals surface area (Å²) in [5.41, 5.74) is 1.09. The highest BCUT2D eigenvalue weighted by molar-refractivity contribution is 5.16. The van der Waals surface area contributed by atoms with Gasteiger partial charge in [-0.15, -0.1) is 0 Å². The molecule has 0 saturated carbocycles. The second-order valence-electron chi connectivity index (χ2n) is 8.83. The minimum absolute atomic E-state index is 0.149. The summed E-state index contributed by atoms with van der Waals surface area (Å²) in [4.78, 5) is 0. The zero-order valence-corrected chi connectivity index (χ0v) is 19.5. The number of rotatable bonds is 18. The third kappa shape index (κ3) is 12.1. The van der Waals surface area contributed by atoms with Gasteiger partial charge >= 0.3 is 0 Å². The fourth-order valence-corrected chi connectivity index (χ4v) is 4.11. The van der Waals surface area contributed by atoms with Gasteiger partial charge in [-0.25, -0.2) is 0 Å². The summed E-state index contributed by atoms with van der Waals surface area (Å²) in [5, 5.41) is 0. The van der Waals surface area contributed by atoms with Gasteiger partial charge < -0.3 is 14.2 Å². The van der Waals surface area contributed by atoms with Crippen molar-refractivity contribution in [3.63, 3.8) is 0 Å². The minimum Gasteiger partial charge on any atom is -0.379 e. The Morgan fingerprint density at radius 2 is 1.33 bits per heavy atom. The first-order valence-electron chi connectivity index (χ1n) is 12.8. The van der Waals surface area contributed by atoms with Crippen molar-refractivity contribution in [3.8, 4) is 0 Å². The molecule has 0 N–H and O–H groups in total. The van der Waals surface area contributed by atoms with E-state index in [0.717, 1.165) is 25.2 Å². The quantitative estimate of drug-likeness (QED) is 0.226. The molecule has 0 unspecified atom stereocenters. The van der Waals surface area contributed by atoms with Crippen LogP contribution in [0.1, 0.15) is 115 Å². The highest BCUT2D eigenvalue weighted by Crippen LogP contribution is 2.26. The van der Waals surface area contributed by atoms with E-state index in [9.17, 15) is 0 Å². The number of benzene rings is 1. The Morgan fingerprint density at radius 1 is 0.767 bits per heavy atom. The van der Waals surface area contributed by atoms with E-state index >= 15 is 0 Å². The van der Waals surface area contributed by atoms with Gasteiger partial charge in [0.15, 0.2) is 6.29 Å². The van der Waals surface area contributed by atoms with Crippen molar-refractivity contribution in [2.45, 2.75) is 116 Å². The minimum atomic E-state index is -0.241. The van der Waals surface area contributed by atoms with Crippen LogP contribution < -0.4 is 0 Å². The lowest BCUT2D eigenvalue weighted by molar-refractivity contribution is -0.227. The zero-order chi connectivity index (χ0) is 21.1. The average Bonchev–Trinajstić information content (AvgIpc) is 2.79. The molecular formula is C27H46O3. The van der Waals surface area contributed by atoms with Gasteiger partial charge in [0.25, 0.3) is 0 Å². The molecule has 1 aliphatic heterocycles. The van der Waals surface area contributed by atoms with Crippen molar-refractivity contribution in [3.05, 3.63) is 35.9 Å². The Morgan fingerprint density at radius 3 is 1.93 bits per heavy atom. The monoisotopic (exact) mass is 418 g/mol. The average molecular weight is 419 g/mol. The van der Waals surface area contributed by atoms with E-state index in [0.29, 0.717) is 6.61 Å². The van der Waals surface area contributed by atoms with Gasteiger partial charge in [-0.3, -0.25) is 0 Å². The van der Waals surface area contributed by atoms with E-state index < -0.39 is 0 Å². The van der Waals surface area contributed by atoms with Crippen molar-refractivity contribution in [1.29, 1.82) is 0 Å². The normalized spacial score (nSPS) is 19.2. The summed E-state index contributed by atoms with van der Waals surface area (Å²) in [5.74, 6) is 0. The molecule has 0 spiro atoms. The Kier molecular flexibility index (Phi) is 15.0. The van der Waals surface area contributed by atoms with Gasteiger partial charge in [0.05, 0.1) is 19.3 Å². The van der Waals surface area contributed by atoms with Crippen LogP contribution in [0.3, 0.4) is 0 Å². The molecule has 1 aromatic rings. The third-order valence-corrected chi connectivity index (χ3v) is 6.04. The molecule has 0 amide bonds. The highest BCUT2D eigenvalue weighted by atomic mass is 16.7. The summed E-state index contributed by atoms with van der Waals surface area (Å²) in [6.45, 7) is 4.57. The van der Waals surface area contributed by atoms with Crippen LogP contribution in [0.5, 0.6) is 0 Å². The molecule has 1 aliphatic rings. The third-order valence-electron chi connectivity index (χ3n) is 6.04. The molecule has 1 fully saturated rings. The number of hydrogen-bond acceptors (Lipinski definition) is 3. The smallest absolute Gasteiger partial charge is 0.184 e. The van der Waals surface area contributed by atoms with Crippen molar-refractivity contribution in [1.82, 2.24) is 0 Å². The van der Waals surface area contributed by atoms with Crippen molar-refractivity contribution >= 4 is 0 Å². The summed E-state index contributed by atoms with van der Waals surface area (Å²) in [6, 6.07) is 10.2. The molecule has 3 nitrogen and oxygen atoms in total. The van der Waals surface area contributed by atoms with E-state index in [4.69, 9.17) is 14.2 Å². The Balaban J connectivity index is 1.33. The van der Waals surface area contributed by atoms with Gasteiger partial charge in [0.2, 0.25) is 0 Å². The first-order valence-corrected chi connectivity index (χ1v) is 12.8. The fourth-order valence-electron chi connectivity index (χ4n) is 4.11. The van der Waals surface area contributed by atoms with Crippen LogP contribution in [-0.4, -0.2) is 25.9 Å². The summed E-state index contributed by atoms with van der Waals surface area (Å²) >= 11 is 0. The Hall–Kier alpha value is -0.900. The maximum absolute atomic E-state index is 6.05. The highest BCUT2D eigenvalue weighted by Gasteiger charge is 2.24. The Bertz CT molecular complexity index is 490. The molecule has 0 aliphatic carbocycles. The van der Waals surface area contributed by atoms with Crippen LogP contribution >= 0.6 is 0 Å². The predicted octanol–water partition coefficient (Wildman–Crippen LogP) is 7.99. The number of unbranched alkanes of at least 4 members (excludes halogenated alkanes) is 13. The number of hydrogen-bond donors (Lipinski definition) is 0. The molecule has 1 aromatic carbocycles. The van der Waals surface area contributed by atoms with Crippen LogP contribution in [0.25, 0.3) is 0 Å². The second kappa shape index (κ2) is 17.7. The standard InChI is InChI=1S/C27H46O3/c1-2-3-4-5-6-7-8-9-10-11-12-13-14-18-22-28-24-26-21-23-29-27(30-26)25-19-16-15-17-20-25/h15-17,19-20,26-27H,2-14,18,21-24H2,1H3/t26-,27+/m0/s1. The molecule has 1 heterocycles. The van der Waals surface area contributed by atoms with Crippen LogP contribution in [0, 0.1) is 0 Å². The maximum Gasteiger partial charge on any atom is 0.184 e. The zero-order valence-electron chi connectivity index (χ0n) is 19.5. The van der Waals surface area contributed by atoms with E-state index in [1.54, 1.807) is 0 Å². The second-order valence-corrected chi connectivity index (χ2v) is 8.83. The summed E-state index contributed by atoms with van der Waals surface area (Å²) in [7, 11) is 0. The van der Waals surface area contributed by atoms with Crippen molar-refractivity contribution in [2.24, 2.45) is 0 Å². The van der Waals surface area contributed by atoms with E-state index in [1.165, 1.54) is 89.9 Å². The molecule has 172 valence electrons. The molecule has 3 heteroatoms. The van der Waals surface area contributed by atoms with Gasteiger partial charge in [0.1, 0.15) is 0 Å². The van der Waals surface area contributed by atoms with Crippen LogP contribution in [-0.2, 0) is 14.2 Å². The molecule has 30 heavy (non-hydrogen) atoms. The van der Waals surface area contributed by atoms with Gasteiger partial charge in [-0.1, -0.05) is 121 Å². The SMILES string of the molecule is CCCCCCCCCCCCCCCCOC[C@@H]1CCO[C@@H](c2ccccc2)O1. The molecular weight excluding hydrogens is 372 g/mol. The summed E-state index contributed by atoms with van der Waals surface area (Å²) < 4.78 is 17.7. The maximum atomic E-state index is 6.05. The van der Waals surface area contributed by atoms with Crippen molar-refractivity contribution in [2.75, 3.05) is 19.8 Å². The van der Waals surface area contributed by atoms with Gasteiger partial charge in [-0.2, -0.15) is 0 Å². The van der Waals surface area contributed by atoms with E-state index in [2.05, 4.69) is 19.1 Å². The lowest BCUT2D eigenvalue weighted by atomic mass is 10.0. The number of ether oxygens (including phenoxy) is 3. The fraction of sp³-hybridized carbons (Fsp3) is 0.778. The van der Waals surface area contributed by atoms with E-state index in [1.807, 2.05) is 18.2 Å². The molecule has 0 aromatic heterocycles. The summed E-state index contributed by atoms with van der Waals surface area (Å²) in [6.07, 6.45) is 20.3. The van der Waals surface area contributed by atoms with Gasteiger partial charge in [0, 0.05) is 12.2 Å². The van der Waals surface area contributed by atoms with Crippen LogP contribution in [0.15, 0.2) is 30.3 Å². The first-order chi connectivity index (χ1) is 14.9. The largest absolute Gasteiger partial charge is 0.379 e. The first kappa shape index (κ1) is 25.4. The van der Waals surface area contributed by atoms with Crippen LogP contribution in [0.4, 0.5) is 0 Å². The molecule has 0 radical (unpaired) electrons. The Labute approximate surface area is 185 Å². The van der Waals surface area contributed by atoms with Gasteiger partial charge in [-0.05, 0) is 12.8 Å². The lowest BCUT2D eigenvalue weighted by Crippen LogP contribution is -2.30. The van der Waals surface area contributed by atoms with Crippen LogP contribution in [0.2, 0.25) is 0 Å². The lowest BCUT2D eigenvalue weighted by Gasteiger charge is -2.30. The predicted molar refractivity (Wildman–Crippen MR) is 126 cm³/mol. The molecule has 2 rings (SSSR count). The van der Waals surface area contributed by atoms with E-state index in [-0.39, 0.29) is 12.4 Å². The molecule has 0 bridgehead atoms. The molecule has 2 atom stereocenters. The van der Waals surface area contributed by atoms with Crippen molar-refractivity contribution < 1.29 is 14.2 Å².